The summed E-state index contributed by atoms with van der Waals surface area (Å²) in [6.45, 7) is 7.90. The van der Waals surface area contributed by atoms with Gasteiger partial charge in [-0.1, -0.05) is 42.8 Å². The highest BCUT2D eigenvalue weighted by Gasteiger charge is 2.49. The molecule has 0 radical (unpaired) electrons. The normalized spacial score (nSPS) is 22.3. The van der Waals surface area contributed by atoms with Crippen LogP contribution in [-0.2, 0) is 6.42 Å². The molecule has 1 saturated carbocycles. The first kappa shape index (κ1) is 15.0. The van der Waals surface area contributed by atoms with Crippen molar-refractivity contribution < 1.29 is 4.39 Å². The average molecular weight is 328 g/mol. The lowest BCUT2D eigenvalue weighted by molar-refractivity contribution is 0.402. The highest BCUT2D eigenvalue weighted by Crippen LogP contribution is 2.54. The van der Waals surface area contributed by atoms with Crippen LogP contribution in [0, 0.1) is 17.2 Å². The van der Waals surface area contributed by atoms with Crippen LogP contribution >= 0.6 is 15.9 Å². The molecule has 2 rings (SSSR count). The molecule has 0 heterocycles. The molecule has 0 spiro atoms. The number of nitrogens with one attached hydrogen (secondary N) is 1. The fraction of sp³-hybridized carbons (Fsp3) is 0.625. The van der Waals surface area contributed by atoms with Crippen LogP contribution in [0.1, 0.15) is 39.2 Å². The monoisotopic (exact) mass is 327 g/mol. The van der Waals surface area contributed by atoms with Gasteiger partial charge in [0, 0.05) is 10.5 Å². The average Bonchev–Trinajstić information content (AvgIpc) is 2.96. The Morgan fingerprint density at radius 3 is 2.68 bits per heavy atom. The Bertz CT molecular complexity index is 444. The van der Waals surface area contributed by atoms with Crippen LogP contribution in [-0.4, -0.2) is 12.6 Å². The molecule has 106 valence electrons. The van der Waals surface area contributed by atoms with E-state index in [9.17, 15) is 4.39 Å². The summed E-state index contributed by atoms with van der Waals surface area (Å²) >= 11 is 3.47. The van der Waals surface area contributed by atoms with Gasteiger partial charge in [0.2, 0.25) is 0 Å². The predicted molar refractivity (Wildman–Crippen MR) is 81.8 cm³/mol. The highest BCUT2D eigenvalue weighted by molar-refractivity contribution is 9.10. The highest BCUT2D eigenvalue weighted by atomic mass is 79.9. The third-order valence-electron chi connectivity index (χ3n) is 4.19. The molecule has 19 heavy (non-hydrogen) atoms. The van der Waals surface area contributed by atoms with Gasteiger partial charge in [-0.2, -0.15) is 0 Å². The van der Waals surface area contributed by atoms with Crippen LogP contribution in [0.4, 0.5) is 4.39 Å². The Labute approximate surface area is 124 Å². The minimum atomic E-state index is -0.180. The molecule has 1 fully saturated rings. The van der Waals surface area contributed by atoms with E-state index in [1.165, 1.54) is 12.0 Å². The Hall–Kier alpha value is -0.410. The number of halogens is 2. The fourth-order valence-electron chi connectivity index (χ4n) is 2.81. The van der Waals surface area contributed by atoms with E-state index in [-0.39, 0.29) is 5.82 Å². The number of hydrogen-bond acceptors (Lipinski definition) is 1. The molecule has 1 aromatic rings. The van der Waals surface area contributed by atoms with Crippen molar-refractivity contribution in [3.05, 3.63) is 34.1 Å². The molecule has 2 unspecified atom stereocenters. The van der Waals surface area contributed by atoms with E-state index in [0.29, 0.717) is 11.5 Å². The van der Waals surface area contributed by atoms with E-state index in [1.807, 2.05) is 6.07 Å². The van der Waals surface area contributed by atoms with Crippen LogP contribution in [0.3, 0.4) is 0 Å². The molecule has 1 aromatic carbocycles. The van der Waals surface area contributed by atoms with Crippen molar-refractivity contribution in [2.45, 2.75) is 46.1 Å². The zero-order valence-corrected chi connectivity index (χ0v) is 13.6. The molecule has 0 saturated heterocycles. The van der Waals surface area contributed by atoms with Gasteiger partial charge < -0.3 is 5.32 Å². The van der Waals surface area contributed by atoms with Crippen molar-refractivity contribution in [1.82, 2.24) is 5.32 Å². The van der Waals surface area contributed by atoms with E-state index in [1.54, 1.807) is 12.1 Å². The summed E-state index contributed by atoms with van der Waals surface area (Å²) in [6.07, 6.45) is 3.40. The second-order valence-electron chi connectivity index (χ2n) is 6.30. The number of rotatable bonds is 6. The molecule has 0 bridgehead atoms. The number of hydrogen-bond donors (Lipinski definition) is 1. The molecule has 0 aliphatic heterocycles. The minimum Gasteiger partial charge on any atom is -0.313 e. The molecule has 0 amide bonds. The number of benzene rings is 1. The Balaban J connectivity index is 2.07. The first-order valence-electron chi connectivity index (χ1n) is 7.11. The maximum atomic E-state index is 13.1. The first-order valence-corrected chi connectivity index (χ1v) is 7.90. The Morgan fingerprint density at radius 1 is 1.47 bits per heavy atom. The third-order valence-corrected chi connectivity index (χ3v) is 4.93. The summed E-state index contributed by atoms with van der Waals surface area (Å²) < 4.78 is 14.0. The summed E-state index contributed by atoms with van der Waals surface area (Å²) in [4.78, 5) is 0. The van der Waals surface area contributed by atoms with Crippen LogP contribution in [0.15, 0.2) is 22.7 Å². The molecular weight excluding hydrogens is 305 g/mol. The second-order valence-corrected chi connectivity index (χ2v) is 7.15. The summed E-state index contributed by atoms with van der Waals surface area (Å²) in [5, 5.41) is 3.66. The lowest BCUT2D eigenvalue weighted by atomic mass is 9.97. The van der Waals surface area contributed by atoms with Gasteiger partial charge in [0.15, 0.2) is 0 Å². The lowest BCUT2D eigenvalue weighted by Gasteiger charge is -2.21. The maximum absolute atomic E-state index is 13.1. The standard InChI is InChI=1S/C16H23BrFN/c1-4-7-19-15(13-10-16(13,2)3)8-11-5-6-12(18)9-14(11)17/h5-6,9,13,15,19H,4,7-8,10H2,1-3H3. The zero-order valence-electron chi connectivity index (χ0n) is 12.0. The maximum Gasteiger partial charge on any atom is 0.124 e. The van der Waals surface area contributed by atoms with Crippen LogP contribution < -0.4 is 5.32 Å². The van der Waals surface area contributed by atoms with E-state index in [4.69, 9.17) is 0 Å². The summed E-state index contributed by atoms with van der Waals surface area (Å²) in [6, 6.07) is 5.51. The van der Waals surface area contributed by atoms with Gasteiger partial charge in [-0.15, -0.1) is 0 Å². The van der Waals surface area contributed by atoms with Crippen LogP contribution in [0.25, 0.3) is 0 Å². The fourth-order valence-corrected chi connectivity index (χ4v) is 3.32. The molecular formula is C16H23BrFN. The van der Waals surface area contributed by atoms with Gasteiger partial charge in [-0.3, -0.25) is 0 Å². The SMILES string of the molecule is CCCNC(Cc1ccc(F)cc1Br)C1CC1(C)C. The van der Waals surface area contributed by atoms with E-state index in [2.05, 4.69) is 42.0 Å². The molecule has 0 aromatic heterocycles. The zero-order chi connectivity index (χ0) is 14.0. The topological polar surface area (TPSA) is 12.0 Å². The van der Waals surface area contributed by atoms with Crippen molar-refractivity contribution in [1.29, 1.82) is 0 Å². The van der Waals surface area contributed by atoms with Crippen molar-refractivity contribution in [2.75, 3.05) is 6.54 Å². The van der Waals surface area contributed by atoms with E-state index < -0.39 is 0 Å². The van der Waals surface area contributed by atoms with Crippen molar-refractivity contribution >= 4 is 15.9 Å². The summed E-state index contributed by atoms with van der Waals surface area (Å²) in [5.41, 5.74) is 1.65. The Kier molecular flexibility index (Phi) is 4.67. The molecule has 1 aliphatic rings. The van der Waals surface area contributed by atoms with E-state index in [0.717, 1.165) is 29.8 Å². The quantitative estimate of drug-likeness (QED) is 0.808. The lowest BCUT2D eigenvalue weighted by Crippen LogP contribution is -2.35. The molecule has 1 aliphatic carbocycles. The van der Waals surface area contributed by atoms with Crippen molar-refractivity contribution in [3.8, 4) is 0 Å². The van der Waals surface area contributed by atoms with Gasteiger partial charge in [0.25, 0.3) is 0 Å². The van der Waals surface area contributed by atoms with Crippen LogP contribution in [0.2, 0.25) is 0 Å². The summed E-state index contributed by atoms with van der Waals surface area (Å²) in [5.74, 6) is 0.552. The van der Waals surface area contributed by atoms with Crippen molar-refractivity contribution in [3.63, 3.8) is 0 Å². The van der Waals surface area contributed by atoms with Gasteiger partial charge in [-0.05, 0) is 54.8 Å². The van der Waals surface area contributed by atoms with Gasteiger partial charge in [-0.25, -0.2) is 4.39 Å². The first-order chi connectivity index (χ1) is 8.94. The minimum absolute atomic E-state index is 0.180. The molecule has 1 N–H and O–H groups in total. The van der Waals surface area contributed by atoms with Gasteiger partial charge >= 0.3 is 0 Å². The van der Waals surface area contributed by atoms with Gasteiger partial charge in [0.1, 0.15) is 5.82 Å². The molecule has 2 atom stereocenters. The molecule has 3 heteroatoms. The van der Waals surface area contributed by atoms with Crippen LogP contribution in [0.5, 0.6) is 0 Å². The predicted octanol–water partition coefficient (Wildman–Crippen LogP) is 4.55. The second kappa shape index (κ2) is 5.92. The Morgan fingerprint density at radius 2 is 2.16 bits per heavy atom. The third kappa shape index (κ3) is 3.79. The van der Waals surface area contributed by atoms with E-state index >= 15 is 0 Å². The molecule has 1 nitrogen and oxygen atoms in total. The largest absolute Gasteiger partial charge is 0.313 e. The van der Waals surface area contributed by atoms with Gasteiger partial charge in [0.05, 0.1) is 0 Å². The summed E-state index contributed by atoms with van der Waals surface area (Å²) in [7, 11) is 0. The smallest absolute Gasteiger partial charge is 0.124 e. The van der Waals surface area contributed by atoms with Crippen molar-refractivity contribution in [2.24, 2.45) is 11.3 Å².